The summed E-state index contributed by atoms with van der Waals surface area (Å²) in [5, 5.41) is 14.5. The van der Waals surface area contributed by atoms with Gasteiger partial charge in [-0.05, 0) is 12.8 Å². The number of hydrogen-bond acceptors (Lipinski definition) is 5. The fraction of sp³-hybridized carbons (Fsp3) is 0.615. The topological polar surface area (TPSA) is 78.5 Å². The summed E-state index contributed by atoms with van der Waals surface area (Å²) in [4.78, 5) is 8.94. The molecule has 0 fully saturated rings. The van der Waals surface area contributed by atoms with Crippen molar-refractivity contribution in [1.82, 2.24) is 20.2 Å². The molecule has 0 atom stereocenters. The first kappa shape index (κ1) is 13.6. The highest BCUT2D eigenvalue weighted by Crippen LogP contribution is 2.19. The lowest BCUT2D eigenvalue weighted by Gasteiger charge is -2.09. The second-order valence-electron chi connectivity index (χ2n) is 4.59. The van der Waals surface area contributed by atoms with Crippen LogP contribution >= 0.6 is 0 Å². The average Bonchev–Trinajstić information content (AvgIpc) is 2.88. The second kappa shape index (κ2) is 6.92. The van der Waals surface area contributed by atoms with E-state index >= 15 is 0 Å². The predicted octanol–water partition coefficient (Wildman–Crippen LogP) is 2.78. The van der Waals surface area contributed by atoms with Crippen LogP contribution in [0.25, 0.3) is 11.0 Å². The Labute approximate surface area is 113 Å². The van der Waals surface area contributed by atoms with Gasteiger partial charge in [-0.1, -0.05) is 26.7 Å². The molecule has 0 aliphatic heterocycles. The summed E-state index contributed by atoms with van der Waals surface area (Å²) in [6.07, 6.45) is 6.32. The van der Waals surface area contributed by atoms with E-state index in [4.69, 9.17) is 0 Å². The molecule has 2 aromatic heterocycles. The van der Waals surface area contributed by atoms with E-state index in [0.29, 0.717) is 5.95 Å². The number of hydrogen-bond donors (Lipinski definition) is 3. The smallest absolute Gasteiger partial charge is 0.226 e. The van der Waals surface area contributed by atoms with Gasteiger partial charge in [0, 0.05) is 13.1 Å². The van der Waals surface area contributed by atoms with Crippen molar-refractivity contribution in [3.8, 4) is 0 Å². The van der Waals surface area contributed by atoms with Gasteiger partial charge in [0.15, 0.2) is 5.65 Å². The van der Waals surface area contributed by atoms with E-state index in [-0.39, 0.29) is 0 Å². The number of rotatable bonds is 8. The van der Waals surface area contributed by atoms with Crippen LogP contribution in [0.5, 0.6) is 0 Å². The van der Waals surface area contributed by atoms with Crippen LogP contribution in [0.1, 0.15) is 39.5 Å². The number of aromatic amines is 1. The number of unbranched alkanes of at least 4 members (excludes halogenated alkanes) is 2. The molecule has 0 aliphatic carbocycles. The van der Waals surface area contributed by atoms with Crippen molar-refractivity contribution >= 4 is 22.8 Å². The summed E-state index contributed by atoms with van der Waals surface area (Å²) in [6.45, 7) is 6.15. The largest absolute Gasteiger partial charge is 0.369 e. The van der Waals surface area contributed by atoms with E-state index in [0.717, 1.165) is 55.6 Å². The normalized spacial score (nSPS) is 10.8. The Kier molecular flexibility index (Phi) is 4.94. The molecule has 0 amide bonds. The molecule has 2 heterocycles. The van der Waals surface area contributed by atoms with Crippen molar-refractivity contribution < 1.29 is 0 Å². The first-order valence-corrected chi connectivity index (χ1v) is 7.04. The van der Waals surface area contributed by atoms with Gasteiger partial charge in [0.2, 0.25) is 5.95 Å². The lowest BCUT2D eigenvalue weighted by atomic mass is 10.3. The predicted molar refractivity (Wildman–Crippen MR) is 78.5 cm³/mol. The van der Waals surface area contributed by atoms with E-state index in [1.54, 1.807) is 6.20 Å². The van der Waals surface area contributed by atoms with E-state index < -0.39 is 0 Å². The maximum absolute atomic E-state index is 4.52. The summed E-state index contributed by atoms with van der Waals surface area (Å²) in [6, 6.07) is 0. The van der Waals surface area contributed by atoms with Gasteiger partial charge in [0.05, 0.1) is 11.6 Å². The molecule has 0 aliphatic rings. The molecule has 0 bridgehead atoms. The SMILES string of the molecule is CCCCNc1nc(NCCCC)c2cn[nH]c2n1. The number of fused-ring (bicyclic) bond motifs is 1. The Hall–Kier alpha value is -1.85. The summed E-state index contributed by atoms with van der Waals surface area (Å²) in [7, 11) is 0. The average molecular weight is 262 g/mol. The fourth-order valence-corrected chi connectivity index (χ4v) is 1.81. The van der Waals surface area contributed by atoms with Crippen LogP contribution in [0.4, 0.5) is 11.8 Å². The van der Waals surface area contributed by atoms with Gasteiger partial charge >= 0.3 is 0 Å². The maximum atomic E-state index is 4.52. The molecule has 3 N–H and O–H groups in total. The standard InChI is InChI=1S/C13H22N6/c1-3-5-7-14-11-10-9-16-19-12(10)18-13(17-11)15-8-6-4-2/h9H,3-8H2,1-2H3,(H3,14,15,16,17,18,19). The van der Waals surface area contributed by atoms with Crippen LogP contribution in [0.3, 0.4) is 0 Å². The third-order valence-electron chi connectivity index (χ3n) is 2.95. The van der Waals surface area contributed by atoms with Crippen molar-refractivity contribution in [2.45, 2.75) is 39.5 Å². The molecular weight excluding hydrogens is 240 g/mol. The molecule has 104 valence electrons. The third-order valence-corrected chi connectivity index (χ3v) is 2.95. The quantitative estimate of drug-likeness (QED) is 0.638. The number of aromatic nitrogens is 4. The van der Waals surface area contributed by atoms with Crippen LogP contribution < -0.4 is 10.6 Å². The van der Waals surface area contributed by atoms with Gasteiger partial charge in [-0.25, -0.2) is 0 Å². The zero-order valence-electron chi connectivity index (χ0n) is 11.7. The van der Waals surface area contributed by atoms with Crippen LogP contribution in [-0.2, 0) is 0 Å². The van der Waals surface area contributed by atoms with Gasteiger partial charge in [0.1, 0.15) is 5.82 Å². The zero-order chi connectivity index (χ0) is 13.5. The van der Waals surface area contributed by atoms with Gasteiger partial charge in [-0.3, -0.25) is 5.10 Å². The molecule has 0 radical (unpaired) electrons. The Morgan fingerprint density at radius 3 is 2.53 bits per heavy atom. The van der Waals surface area contributed by atoms with Gasteiger partial charge in [0.25, 0.3) is 0 Å². The molecule has 6 heteroatoms. The summed E-state index contributed by atoms with van der Waals surface area (Å²) >= 11 is 0. The molecule has 2 aromatic rings. The van der Waals surface area contributed by atoms with E-state index in [2.05, 4.69) is 44.6 Å². The van der Waals surface area contributed by atoms with E-state index in [1.165, 1.54) is 0 Å². The highest BCUT2D eigenvalue weighted by atomic mass is 15.2. The number of nitrogens with one attached hydrogen (secondary N) is 3. The Morgan fingerprint density at radius 1 is 1.05 bits per heavy atom. The lowest BCUT2D eigenvalue weighted by molar-refractivity contribution is 0.823. The summed E-state index contributed by atoms with van der Waals surface area (Å²) in [5.41, 5.74) is 0.771. The number of H-pyrrole nitrogens is 1. The molecule has 0 spiro atoms. The third kappa shape index (κ3) is 3.56. The molecule has 2 rings (SSSR count). The van der Waals surface area contributed by atoms with E-state index in [1.807, 2.05) is 0 Å². The van der Waals surface area contributed by atoms with E-state index in [9.17, 15) is 0 Å². The first-order valence-electron chi connectivity index (χ1n) is 7.04. The summed E-state index contributed by atoms with van der Waals surface area (Å²) in [5.74, 6) is 1.51. The zero-order valence-corrected chi connectivity index (χ0v) is 11.7. The number of anilines is 2. The van der Waals surface area contributed by atoms with Crippen LogP contribution in [0.2, 0.25) is 0 Å². The Balaban J connectivity index is 2.14. The van der Waals surface area contributed by atoms with Crippen molar-refractivity contribution in [2.75, 3.05) is 23.7 Å². The van der Waals surface area contributed by atoms with Crippen LogP contribution in [0.15, 0.2) is 6.20 Å². The second-order valence-corrected chi connectivity index (χ2v) is 4.59. The molecule has 0 saturated heterocycles. The minimum Gasteiger partial charge on any atom is -0.369 e. The van der Waals surface area contributed by atoms with Gasteiger partial charge in [-0.2, -0.15) is 15.1 Å². The Bertz CT molecular complexity index is 507. The monoisotopic (exact) mass is 262 g/mol. The molecule has 0 aromatic carbocycles. The van der Waals surface area contributed by atoms with Crippen molar-refractivity contribution in [1.29, 1.82) is 0 Å². The highest BCUT2D eigenvalue weighted by Gasteiger charge is 2.08. The van der Waals surface area contributed by atoms with Crippen molar-refractivity contribution in [3.63, 3.8) is 0 Å². The molecule has 0 unspecified atom stereocenters. The minimum absolute atomic E-state index is 0.657. The highest BCUT2D eigenvalue weighted by molar-refractivity contribution is 5.86. The molecule has 0 saturated carbocycles. The number of nitrogens with zero attached hydrogens (tertiary/aromatic N) is 3. The minimum atomic E-state index is 0.657. The van der Waals surface area contributed by atoms with Gasteiger partial charge in [-0.15, -0.1) is 0 Å². The van der Waals surface area contributed by atoms with Crippen molar-refractivity contribution in [2.24, 2.45) is 0 Å². The lowest BCUT2D eigenvalue weighted by Crippen LogP contribution is -2.09. The van der Waals surface area contributed by atoms with Crippen LogP contribution in [-0.4, -0.2) is 33.3 Å². The molecule has 19 heavy (non-hydrogen) atoms. The molecular formula is C13H22N6. The Morgan fingerprint density at radius 2 is 1.79 bits per heavy atom. The molecule has 6 nitrogen and oxygen atoms in total. The van der Waals surface area contributed by atoms with Gasteiger partial charge < -0.3 is 10.6 Å². The maximum Gasteiger partial charge on any atom is 0.226 e. The fourth-order valence-electron chi connectivity index (χ4n) is 1.81. The van der Waals surface area contributed by atoms with Crippen molar-refractivity contribution in [3.05, 3.63) is 6.20 Å². The first-order chi connectivity index (χ1) is 9.35. The van der Waals surface area contributed by atoms with Crippen LogP contribution in [0, 0.1) is 0 Å². The summed E-state index contributed by atoms with van der Waals surface area (Å²) < 4.78 is 0.